The van der Waals surface area contributed by atoms with Crippen LogP contribution >= 0.6 is 0 Å². The Labute approximate surface area is 83.9 Å². The van der Waals surface area contributed by atoms with E-state index in [0.29, 0.717) is 5.75 Å². The van der Waals surface area contributed by atoms with Crippen LogP contribution < -0.4 is 4.74 Å². The molecule has 0 amide bonds. The highest BCUT2D eigenvalue weighted by atomic mass is 16.5. The molecule has 2 nitrogen and oxygen atoms in total. The molecule has 0 atom stereocenters. The molecule has 14 heavy (non-hydrogen) atoms. The van der Waals surface area contributed by atoms with Crippen LogP contribution in [0.2, 0.25) is 0 Å². The SMILES string of the molecule is CC#CCC(=O)COc1ccccc1. The van der Waals surface area contributed by atoms with E-state index in [9.17, 15) is 4.79 Å². The number of ketones is 1. The highest BCUT2D eigenvalue weighted by Crippen LogP contribution is 2.07. The van der Waals surface area contributed by atoms with Gasteiger partial charge in [-0.1, -0.05) is 24.1 Å². The lowest BCUT2D eigenvalue weighted by atomic mass is 10.3. The van der Waals surface area contributed by atoms with Crippen molar-refractivity contribution in [1.29, 1.82) is 0 Å². The highest BCUT2D eigenvalue weighted by molar-refractivity contribution is 5.82. The second-order valence-corrected chi connectivity index (χ2v) is 2.74. The van der Waals surface area contributed by atoms with Crippen LogP contribution in [0, 0.1) is 11.8 Å². The van der Waals surface area contributed by atoms with E-state index in [-0.39, 0.29) is 18.8 Å². The summed E-state index contributed by atoms with van der Waals surface area (Å²) in [5.41, 5.74) is 0. The highest BCUT2D eigenvalue weighted by Gasteiger charge is 1.99. The van der Waals surface area contributed by atoms with Gasteiger partial charge in [0.15, 0.2) is 5.78 Å². The van der Waals surface area contributed by atoms with Gasteiger partial charge in [-0.2, -0.15) is 0 Å². The molecule has 0 bridgehead atoms. The minimum absolute atomic E-state index is 0.00297. The quantitative estimate of drug-likeness (QED) is 0.676. The third kappa shape index (κ3) is 3.77. The Kier molecular flexibility index (Phi) is 4.30. The molecule has 1 rings (SSSR count). The van der Waals surface area contributed by atoms with Gasteiger partial charge in [-0.3, -0.25) is 4.79 Å². The van der Waals surface area contributed by atoms with Crippen molar-refractivity contribution in [3.63, 3.8) is 0 Å². The number of Topliss-reactive ketones (excluding diaryl/α,β-unsaturated/α-hetero) is 1. The molecule has 0 saturated carbocycles. The lowest BCUT2D eigenvalue weighted by Gasteiger charge is -2.02. The minimum Gasteiger partial charge on any atom is -0.486 e. The van der Waals surface area contributed by atoms with Gasteiger partial charge < -0.3 is 4.74 Å². The molecule has 0 fully saturated rings. The maximum Gasteiger partial charge on any atom is 0.182 e. The van der Waals surface area contributed by atoms with Crippen LogP contribution in [0.15, 0.2) is 30.3 Å². The number of hydrogen-bond donors (Lipinski definition) is 0. The Morgan fingerprint density at radius 1 is 1.36 bits per heavy atom. The van der Waals surface area contributed by atoms with Crippen molar-refractivity contribution >= 4 is 5.78 Å². The van der Waals surface area contributed by atoms with Gasteiger partial charge in [0.2, 0.25) is 0 Å². The Morgan fingerprint density at radius 2 is 2.07 bits per heavy atom. The first-order chi connectivity index (χ1) is 6.83. The summed E-state index contributed by atoms with van der Waals surface area (Å²) in [7, 11) is 0. The molecular weight excluding hydrogens is 176 g/mol. The molecule has 0 aliphatic rings. The van der Waals surface area contributed by atoms with Crippen molar-refractivity contribution in [2.75, 3.05) is 6.61 Å². The monoisotopic (exact) mass is 188 g/mol. The molecule has 0 saturated heterocycles. The smallest absolute Gasteiger partial charge is 0.182 e. The number of carbonyl (C=O) groups excluding carboxylic acids is 1. The summed E-state index contributed by atoms with van der Waals surface area (Å²) in [4.78, 5) is 11.1. The van der Waals surface area contributed by atoms with E-state index in [1.807, 2.05) is 30.3 Å². The predicted octanol–water partition coefficient (Wildman–Crippen LogP) is 2.05. The van der Waals surface area contributed by atoms with Crippen LogP contribution in [0.4, 0.5) is 0 Å². The summed E-state index contributed by atoms with van der Waals surface area (Å²) in [6, 6.07) is 9.27. The molecule has 0 heterocycles. The van der Waals surface area contributed by atoms with Gasteiger partial charge in [-0.05, 0) is 19.1 Å². The normalized spacial score (nSPS) is 8.64. The molecule has 2 heteroatoms. The Morgan fingerprint density at radius 3 is 2.71 bits per heavy atom. The Balaban J connectivity index is 2.33. The zero-order valence-electron chi connectivity index (χ0n) is 8.12. The molecule has 0 aromatic heterocycles. The van der Waals surface area contributed by atoms with E-state index in [1.165, 1.54) is 0 Å². The van der Waals surface area contributed by atoms with Crippen LogP contribution in [-0.2, 0) is 4.79 Å². The number of rotatable bonds is 4. The summed E-state index contributed by atoms with van der Waals surface area (Å²) in [6.45, 7) is 1.81. The third-order valence-corrected chi connectivity index (χ3v) is 1.61. The van der Waals surface area contributed by atoms with E-state index in [1.54, 1.807) is 6.92 Å². The average molecular weight is 188 g/mol. The standard InChI is InChI=1S/C12H12O2/c1-2-3-7-11(13)10-14-12-8-5-4-6-9-12/h4-6,8-9H,7,10H2,1H3. The van der Waals surface area contributed by atoms with Crippen LogP contribution in [0.1, 0.15) is 13.3 Å². The van der Waals surface area contributed by atoms with Gasteiger partial charge in [-0.15, -0.1) is 5.92 Å². The molecule has 1 aromatic carbocycles. The molecule has 0 spiro atoms. The second-order valence-electron chi connectivity index (χ2n) is 2.74. The third-order valence-electron chi connectivity index (χ3n) is 1.61. The van der Waals surface area contributed by atoms with Crippen molar-refractivity contribution < 1.29 is 9.53 Å². The van der Waals surface area contributed by atoms with Gasteiger partial charge >= 0.3 is 0 Å². The maximum atomic E-state index is 11.1. The van der Waals surface area contributed by atoms with E-state index < -0.39 is 0 Å². The molecule has 72 valence electrons. The Hall–Kier alpha value is -1.75. The topological polar surface area (TPSA) is 26.3 Å². The summed E-state index contributed by atoms with van der Waals surface area (Å²) in [5.74, 6) is 6.09. The molecule has 0 aliphatic heterocycles. The fourth-order valence-corrected chi connectivity index (χ4v) is 0.919. The van der Waals surface area contributed by atoms with Crippen molar-refractivity contribution in [3.05, 3.63) is 30.3 Å². The summed E-state index contributed by atoms with van der Waals surface area (Å²) < 4.78 is 5.25. The first-order valence-electron chi connectivity index (χ1n) is 4.42. The number of ether oxygens (including phenoxy) is 1. The van der Waals surface area contributed by atoms with Gasteiger partial charge in [0.25, 0.3) is 0 Å². The summed E-state index contributed by atoms with van der Waals surface area (Å²) >= 11 is 0. The van der Waals surface area contributed by atoms with E-state index in [0.717, 1.165) is 0 Å². The number of benzene rings is 1. The van der Waals surface area contributed by atoms with Crippen molar-refractivity contribution in [3.8, 4) is 17.6 Å². The van der Waals surface area contributed by atoms with Crippen molar-refractivity contribution in [2.24, 2.45) is 0 Å². The van der Waals surface area contributed by atoms with Gasteiger partial charge in [0.1, 0.15) is 12.4 Å². The summed E-state index contributed by atoms with van der Waals surface area (Å²) in [5, 5.41) is 0. The van der Waals surface area contributed by atoms with Gasteiger partial charge in [-0.25, -0.2) is 0 Å². The van der Waals surface area contributed by atoms with E-state index in [4.69, 9.17) is 4.74 Å². The fraction of sp³-hybridized carbons (Fsp3) is 0.250. The van der Waals surface area contributed by atoms with Crippen molar-refractivity contribution in [1.82, 2.24) is 0 Å². The Bertz CT molecular complexity index is 344. The summed E-state index contributed by atoms with van der Waals surface area (Å²) in [6.07, 6.45) is 0.267. The van der Waals surface area contributed by atoms with E-state index in [2.05, 4.69) is 11.8 Å². The average Bonchev–Trinajstić information content (AvgIpc) is 2.25. The van der Waals surface area contributed by atoms with Gasteiger partial charge in [0.05, 0.1) is 6.42 Å². The predicted molar refractivity (Wildman–Crippen MR) is 55.0 cm³/mol. The number of para-hydroxylation sites is 1. The number of hydrogen-bond acceptors (Lipinski definition) is 2. The first-order valence-corrected chi connectivity index (χ1v) is 4.42. The zero-order valence-corrected chi connectivity index (χ0v) is 8.12. The van der Waals surface area contributed by atoms with Crippen LogP contribution in [-0.4, -0.2) is 12.4 Å². The largest absolute Gasteiger partial charge is 0.486 e. The maximum absolute atomic E-state index is 11.1. The fourth-order valence-electron chi connectivity index (χ4n) is 0.919. The van der Waals surface area contributed by atoms with Gasteiger partial charge in [0, 0.05) is 0 Å². The lowest BCUT2D eigenvalue weighted by molar-refractivity contribution is -0.120. The van der Waals surface area contributed by atoms with Crippen LogP contribution in [0.25, 0.3) is 0 Å². The molecule has 1 aromatic rings. The molecule has 0 N–H and O–H groups in total. The van der Waals surface area contributed by atoms with Crippen LogP contribution in [0.5, 0.6) is 5.75 Å². The molecular formula is C12H12O2. The minimum atomic E-state index is 0.00297. The molecule has 0 radical (unpaired) electrons. The second kappa shape index (κ2) is 5.82. The number of carbonyl (C=O) groups is 1. The van der Waals surface area contributed by atoms with Crippen molar-refractivity contribution in [2.45, 2.75) is 13.3 Å². The zero-order chi connectivity index (χ0) is 10.2. The first kappa shape index (κ1) is 10.3. The molecule has 0 unspecified atom stereocenters. The molecule has 0 aliphatic carbocycles. The van der Waals surface area contributed by atoms with Crippen LogP contribution in [0.3, 0.4) is 0 Å². The van der Waals surface area contributed by atoms with E-state index >= 15 is 0 Å². The lowest BCUT2D eigenvalue weighted by Crippen LogP contribution is -2.09.